The predicted octanol–water partition coefficient (Wildman–Crippen LogP) is 2.14. The number of nitrogens with two attached hydrogens (primary N) is 1. The lowest BCUT2D eigenvalue weighted by Gasteiger charge is -2.17. The lowest BCUT2D eigenvalue weighted by atomic mass is 9.99. The second kappa shape index (κ2) is 6.79. The van der Waals surface area contributed by atoms with Gasteiger partial charge < -0.3 is 10.3 Å². The lowest BCUT2D eigenvalue weighted by molar-refractivity contribution is 0.372. The van der Waals surface area contributed by atoms with Gasteiger partial charge in [0.15, 0.2) is 5.82 Å². The Hall–Kier alpha value is -1.48. The van der Waals surface area contributed by atoms with Crippen LogP contribution in [0, 0.1) is 0 Å². The standard InChI is InChI=1S/C15H20N4O3S.ClH/c1-19(2)23(20,21)12-7-5-11(6-8-12)13-17-14(18-22-13)15(16)9-3-4-10-15;/h5-8H,3-4,9-10,16H2,1-2H3;1H. The van der Waals surface area contributed by atoms with Crippen LogP contribution in [-0.2, 0) is 15.6 Å². The van der Waals surface area contributed by atoms with Gasteiger partial charge in [-0.25, -0.2) is 12.7 Å². The maximum atomic E-state index is 12.1. The van der Waals surface area contributed by atoms with Gasteiger partial charge in [0.25, 0.3) is 5.89 Å². The number of nitrogens with zero attached hydrogens (tertiary/aromatic N) is 3. The first-order chi connectivity index (χ1) is 10.8. The molecule has 0 unspecified atom stereocenters. The molecule has 1 aromatic carbocycles. The molecular formula is C15H21ClN4O3S. The third-order valence-electron chi connectivity index (χ3n) is 4.25. The maximum Gasteiger partial charge on any atom is 0.257 e. The SMILES string of the molecule is CN(C)S(=O)(=O)c1ccc(-c2nc(C3(N)CCCC3)no2)cc1.Cl. The van der Waals surface area contributed by atoms with Crippen LogP contribution >= 0.6 is 12.4 Å². The normalized spacial score (nSPS) is 17.0. The molecule has 0 spiro atoms. The van der Waals surface area contributed by atoms with E-state index in [4.69, 9.17) is 10.3 Å². The van der Waals surface area contributed by atoms with Crippen molar-refractivity contribution in [3.63, 3.8) is 0 Å². The first-order valence-corrected chi connectivity index (χ1v) is 8.93. The van der Waals surface area contributed by atoms with Crippen molar-refractivity contribution >= 4 is 22.4 Å². The zero-order chi connectivity index (χ0) is 16.7. The van der Waals surface area contributed by atoms with Crippen molar-refractivity contribution in [2.24, 2.45) is 5.73 Å². The Bertz CT molecular complexity index is 796. The van der Waals surface area contributed by atoms with Gasteiger partial charge in [0.2, 0.25) is 10.0 Å². The van der Waals surface area contributed by atoms with Crippen LogP contribution < -0.4 is 5.73 Å². The van der Waals surface area contributed by atoms with Crippen LogP contribution in [0.3, 0.4) is 0 Å². The summed E-state index contributed by atoms with van der Waals surface area (Å²) in [5.74, 6) is 0.875. The number of rotatable bonds is 4. The number of benzene rings is 1. The minimum Gasteiger partial charge on any atom is -0.334 e. The summed E-state index contributed by atoms with van der Waals surface area (Å²) in [4.78, 5) is 4.62. The molecule has 2 aromatic rings. The van der Waals surface area contributed by atoms with Crippen LogP contribution in [0.4, 0.5) is 0 Å². The van der Waals surface area contributed by atoms with E-state index >= 15 is 0 Å². The summed E-state index contributed by atoms with van der Waals surface area (Å²) in [6.45, 7) is 0. The topological polar surface area (TPSA) is 102 Å². The summed E-state index contributed by atoms with van der Waals surface area (Å²) in [7, 11) is -0.455. The van der Waals surface area contributed by atoms with E-state index in [2.05, 4.69) is 10.1 Å². The molecular weight excluding hydrogens is 352 g/mol. The fourth-order valence-corrected chi connectivity index (χ4v) is 3.65. The minimum absolute atomic E-state index is 0. The second-order valence-corrected chi connectivity index (χ2v) is 8.25. The van der Waals surface area contributed by atoms with Gasteiger partial charge in [-0.15, -0.1) is 12.4 Å². The molecule has 0 amide bonds. The van der Waals surface area contributed by atoms with Crippen molar-refractivity contribution in [1.82, 2.24) is 14.4 Å². The van der Waals surface area contributed by atoms with E-state index in [1.54, 1.807) is 12.1 Å². The van der Waals surface area contributed by atoms with Crippen molar-refractivity contribution < 1.29 is 12.9 Å². The van der Waals surface area contributed by atoms with E-state index in [-0.39, 0.29) is 17.3 Å². The minimum atomic E-state index is -3.45. The van der Waals surface area contributed by atoms with Gasteiger partial charge in [-0.1, -0.05) is 18.0 Å². The summed E-state index contributed by atoms with van der Waals surface area (Å²) < 4.78 is 30.6. The average Bonchev–Trinajstić information content (AvgIpc) is 3.17. The van der Waals surface area contributed by atoms with E-state index in [1.165, 1.54) is 30.5 Å². The van der Waals surface area contributed by atoms with Gasteiger partial charge in [0.05, 0.1) is 10.4 Å². The molecule has 1 fully saturated rings. The summed E-state index contributed by atoms with van der Waals surface area (Å²) in [5, 5.41) is 4.01. The molecule has 0 radical (unpaired) electrons. The Morgan fingerprint density at radius 2 is 1.75 bits per heavy atom. The van der Waals surface area contributed by atoms with Crippen LogP contribution in [0.1, 0.15) is 31.5 Å². The molecule has 1 aromatic heterocycles. The Morgan fingerprint density at radius 1 is 1.17 bits per heavy atom. The van der Waals surface area contributed by atoms with Gasteiger partial charge in [-0.2, -0.15) is 4.98 Å². The summed E-state index contributed by atoms with van der Waals surface area (Å²) >= 11 is 0. The molecule has 2 N–H and O–H groups in total. The zero-order valence-corrected chi connectivity index (χ0v) is 15.2. The molecule has 0 atom stereocenters. The smallest absolute Gasteiger partial charge is 0.257 e. The first-order valence-electron chi connectivity index (χ1n) is 7.49. The fourth-order valence-electron chi connectivity index (χ4n) is 2.75. The Labute approximate surface area is 147 Å². The van der Waals surface area contributed by atoms with Crippen molar-refractivity contribution in [3.05, 3.63) is 30.1 Å². The third-order valence-corrected chi connectivity index (χ3v) is 6.08. The molecule has 0 saturated heterocycles. The molecule has 1 aliphatic rings. The van der Waals surface area contributed by atoms with E-state index in [1.807, 2.05) is 0 Å². The molecule has 3 rings (SSSR count). The Balaban J connectivity index is 0.00000208. The number of hydrogen-bond acceptors (Lipinski definition) is 6. The first kappa shape index (κ1) is 18.9. The highest BCUT2D eigenvalue weighted by molar-refractivity contribution is 7.89. The van der Waals surface area contributed by atoms with Crippen molar-refractivity contribution in [1.29, 1.82) is 0 Å². The van der Waals surface area contributed by atoms with Gasteiger partial charge in [0.1, 0.15) is 0 Å². The summed E-state index contributed by atoms with van der Waals surface area (Å²) in [6, 6.07) is 6.38. The zero-order valence-electron chi connectivity index (χ0n) is 13.6. The molecule has 0 aliphatic heterocycles. The van der Waals surface area contributed by atoms with E-state index < -0.39 is 15.6 Å². The molecule has 24 heavy (non-hydrogen) atoms. The van der Waals surface area contributed by atoms with Gasteiger partial charge in [-0.3, -0.25) is 0 Å². The Morgan fingerprint density at radius 3 is 2.29 bits per heavy atom. The third kappa shape index (κ3) is 3.32. The van der Waals surface area contributed by atoms with Crippen LogP contribution in [0.2, 0.25) is 0 Å². The fraction of sp³-hybridized carbons (Fsp3) is 0.467. The van der Waals surface area contributed by atoms with Crippen molar-refractivity contribution in [2.45, 2.75) is 36.1 Å². The van der Waals surface area contributed by atoms with Crippen LogP contribution in [0.25, 0.3) is 11.5 Å². The summed E-state index contributed by atoms with van der Waals surface area (Å²) in [5.41, 5.74) is 6.48. The van der Waals surface area contributed by atoms with Gasteiger partial charge in [0, 0.05) is 19.7 Å². The molecule has 1 heterocycles. The van der Waals surface area contributed by atoms with Gasteiger partial charge >= 0.3 is 0 Å². The predicted molar refractivity (Wildman–Crippen MR) is 92.2 cm³/mol. The number of halogens is 1. The van der Waals surface area contributed by atoms with Crippen LogP contribution in [0.5, 0.6) is 0 Å². The number of aromatic nitrogens is 2. The van der Waals surface area contributed by atoms with Gasteiger partial charge in [-0.05, 0) is 37.1 Å². The highest BCUT2D eigenvalue weighted by Crippen LogP contribution is 2.35. The highest BCUT2D eigenvalue weighted by atomic mass is 35.5. The molecule has 0 bridgehead atoms. The Kier molecular flexibility index (Phi) is 5.34. The molecule has 132 valence electrons. The van der Waals surface area contributed by atoms with E-state index in [0.29, 0.717) is 17.3 Å². The van der Waals surface area contributed by atoms with Crippen molar-refractivity contribution in [2.75, 3.05) is 14.1 Å². The maximum absolute atomic E-state index is 12.1. The largest absolute Gasteiger partial charge is 0.334 e. The second-order valence-electron chi connectivity index (χ2n) is 6.10. The average molecular weight is 373 g/mol. The van der Waals surface area contributed by atoms with E-state index in [9.17, 15) is 8.42 Å². The lowest BCUT2D eigenvalue weighted by Crippen LogP contribution is -2.34. The summed E-state index contributed by atoms with van der Waals surface area (Å²) in [6.07, 6.45) is 3.84. The molecule has 1 saturated carbocycles. The molecule has 9 heteroatoms. The number of sulfonamides is 1. The van der Waals surface area contributed by atoms with E-state index in [0.717, 1.165) is 25.7 Å². The number of hydrogen-bond donors (Lipinski definition) is 1. The van der Waals surface area contributed by atoms with Crippen molar-refractivity contribution in [3.8, 4) is 11.5 Å². The highest BCUT2D eigenvalue weighted by Gasteiger charge is 2.36. The quantitative estimate of drug-likeness (QED) is 0.881. The monoisotopic (exact) mass is 372 g/mol. The van der Waals surface area contributed by atoms with Crippen LogP contribution in [0.15, 0.2) is 33.7 Å². The molecule has 7 nitrogen and oxygen atoms in total. The van der Waals surface area contributed by atoms with Crippen LogP contribution in [-0.4, -0.2) is 37.0 Å². The molecule has 1 aliphatic carbocycles.